The van der Waals surface area contributed by atoms with Gasteiger partial charge in [-0.2, -0.15) is 0 Å². The summed E-state index contributed by atoms with van der Waals surface area (Å²) in [7, 11) is 0. The number of ether oxygens (including phenoxy) is 1. The highest BCUT2D eigenvalue weighted by molar-refractivity contribution is 6.10. The number of aromatic nitrogens is 1. The Morgan fingerprint density at radius 1 is 0.946 bits per heavy atom. The predicted octanol–water partition coefficient (Wildman–Crippen LogP) is 5.96. The number of hydrogen-bond donors (Lipinski definition) is 1. The van der Waals surface area contributed by atoms with Gasteiger partial charge in [0, 0.05) is 17.4 Å². The van der Waals surface area contributed by atoms with Crippen LogP contribution in [0.25, 0.3) is 10.9 Å². The zero-order valence-corrected chi connectivity index (χ0v) is 21.7. The first-order valence-corrected chi connectivity index (χ1v) is 12.6. The molecule has 0 atom stereocenters. The number of carbonyl (C=O) groups excluding carboxylic acids is 2. The van der Waals surface area contributed by atoms with Crippen molar-refractivity contribution in [3.63, 3.8) is 0 Å². The first-order chi connectivity index (χ1) is 17.8. The minimum Gasteiger partial charge on any atom is -0.494 e. The van der Waals surface area contributed by atoms with Crippen molar-refractivity contribution >= 4 is 28.3 Å². The van der Waals surface area contributed by atoms with Crippen LogP contribution < -0.4 is 15.5 Å². The van der Waals surface area contributed by atoms with Gasteiger partial charge >= 0.3 is 0 Å². The number of carbonyl (C=O) groups is 2. The summed E-state index contributed by atoms with van der Waals surface area (Å²) in [6.07, 6.45) is 2.34. The molecule has 0 bridgehead atoms. The van der Waals surface area contributed by atoms with Crippen LogP contribution in [0.5, 0.6) is 5.75 Å². The Morgan fingerprint density at radius 3 is 2.27 bits per heavy atom. The maximum absolute atomic E-state index is 13.4. The van der Waals surface area contributed by atoms with E-state index in [9.17, 15) is 14.4 Å². The van der Waals surface area contributed by atoms with E-state index in [2.05, 4.69) is 19.2 Å². The molecular formula is C31H32N2O4. The molecular weight excluding hydrogens is 464 g/mol. The Morgan fingerprint density at radius 2 is 1.65 bits per heavy atom. The largest absolute Gasteiger partial charge is 0.494 e. The van der Waals surface area contributed by atoms with Crippen LogP contribution in [0.1, 0.15) is 60.7 Å². The van der Waals surface area contributed by atoms with Gasteiger partial charge in [0.05, 0.1) is 23.1 Å². The van der Waals surface area contributed by atoms with Crippen molar-refractivity contribution in [3.8, 4) is 5.75 Å². The van der Waals surface area contributed by atoms with Gasteiger partial charge in [-0.05, 0) is 60.7 Å². The number of ketones is 1. The van der Waals surface area contributed by atoms with E-state index >= 15 is 0 Å². The first kappa shape index (κ1) is 25.9. The van der Waals surface area contributed by atoms with Crippen molar-refractivity contribution in [3.05, 3.63) is 105 Å². The Labute approximate surface area is 216 Å². The molecule has 37 heavy (non-hydrogen) atoms. The van der Waals surface area contributed by atoms with Crippen molar-refractivity contribution in [2.45, 2.75) is 46.6 Å². The molecule has 0 radical (unpaired) electrons. The quantitative estimate of drug-likeness (QED) is 0.290. The molecule has 3 aromatic carbocycles. The number of rotatable bonds is 9. The van der Waals surface area contributed by atoms with E-state index in [1.165, 1.54) is 11.8 Å². The van der Waals surface area contributed by atoms with E-state index in [4.69, 9.17) is 4.74 Å². The monoisotopic (exact) mass is 496 g/mol. The maximum atomic E-state index is 13.4. The minimum absolute atomic E-state index is 0.0134. The van der Waals surface area contributed by atoms with E-state index in [1.54, 1.807) is 34.9 Å². The summed E-state index contributed by atoms with van der Waals surface area (Å²) in [6, 6.07) is 20.1. The molecule has 6 nitrogen and oxygen atoms in total. The zero-order valence-electron chi connectivity index (χ0n) is 21.7. The highest BCUT2D eigenvalue weighted by Gasteiger charge is 2.19. The molecule has 1 amide bonds. The van der Waals surface area contributed by atoms with Crippen LogP contribution in [-0.4, -0.2) is 22.9 Å². The van der Waals surface area contributed by atoms with E-state index in [1.807, 2.05) is 50.2 Å². The van der Waals surface area contributed by atoms with Crippen molar-refractivity contribution in [2.75, 3.05) is 11.9 Å². The number of aryl methyl sites for hydroxylation is 1. The fraction of sp³-hybridized carbons (Fsp3) is 0.258. The van der Waals surface area contributed by atoms with Crippen molar-refractivity contribution in [1.29, 1.82) is 0 Å². The van der Waals surface area contributed by atoms with Crippen LogP contribution in [0, 0.1) is 0 Å². The second-order valence-corrected chi connectivity index (χ2v) is 9.32. The molecule has 0 saturated carbocycles. The molecule has 0 fully saturated rings. The molecule has 4 aromatic rings. The third-order valence-electron chi connectivity index (χ3n) is 6.41. The third kappa shape index (κ3) is 5.80. The fourth-order valence-electron chi connectivity index (χ4n) is 4.28. The summed E-state index contributed by atoms with van der Waals surface area (Å²) in [5.74, 6) is 0.287. The molecule has 1 heterocycles. The highest BCUT2D eigenvalue weighted by atomic mass is 16.5. The number of benzene rings is 3. The van der Waals surface area contributed by atoms with Crippen LogP contribution in [-0.2, 0) is 17.8 Å². The van der Waals surface area contributed by atoms with Gasteiger partial charge in [-0.3, -0.25) is 14.4 Å². The summed E-state index contributed by atoms with van der Waals surface area (Å²) < 4.78 is 7.24. The number of pyridine rings is 1. The van der Waals surface area contributed by atoms with Crippen LogP contribution in [0.2, 0.25) is 0 Å². The van der Waals surface area contributed by atoms with Crippen molar-refractivity contribution < 1.29 is 14.3 Å². The topological polar surface area (TPSA) is 77.4 Å². The number of anilines is 1. The molecule has 0 unspecified atom stereocenters. The van der Waals surface area contributed by atoms with Crippen molar-refractivity contribution in [1.82, 2.24) is 4.57 Å². The van der Waals surface area contributed by atoms with E-state index in [0.717, 1.165) is 12.0 Å². The van der Waals surface area contributed by atoms with E-state index in [-0.39, 0.29) is 29.2 Å². The molecule has 1 aromatic heterocycles. The van der Waals surface area contributed by atoms with E-state index < -0.39 is 0 Å². The smallest absolute Gasteiger partial charge is 0.244 e. The Bertz CT molecular complexity index is 1480. The summed E-state index contributed by atoms with van der Waals surface area (Å²) >= 11 is 0. The number of fused-ring (bicyclic) bond motifs is 1. The lowest BCUT2D eigenvalue weighted by Gasteiger charge is -2.15. The summed E-state index contributed by atoms with van der Waals surface area (Å²) in [5.41, 5.74) is 3.58. The molecule has 1 N–H and O–H groups in total. The van der Waals surface area contributed by atoms with Crippen LogP contribution in [0.4, 0.5) is 5.69 Å². The number of hydrogen-bond acceptors (Lipinski definition) is 4. The number of nitrogens with zero attached hydrogens (tertiary/aromatic N) is 1. The van der Waals surface area contributed by atoms with Gasteiger partial charge in [-0.1, -0.05) is 57.2 Å². The van der Waals surface area contributed by atoms with Gasteiger partial charge in [0.1, 0.15) is 12.3 Å². The molecule has 0 aliphatic rings. The minimum atomic E-state index is -0.387. The first-order valence-electron chi connectivity index (χ1n) is 12.6. The average Bonchev–Trinajstić information content (AvgIpc) is 2.90. The molecule has 190 valence electrons. The lowest BCUT2D eigenvalue weighted by Crippen LogP contribution is -2.24. The van der Waals surface area contributed by atoms with Gasteiger partial charge in [-0.15, -0.1) is 0 Å². The maximum Gasteiger partial charge on any atom is 0.244 e. The van der Waals surface area contributed by atoms with Gasteiger partial charge in [0.15, 0.2) is 5.78 Å². The summed E-state index contributed by atoms with van der Waals surface area (Å²) in [5, 5.41) is 3.24. The molecule has 4 rings (SSSR count). The fourth-order valence-corrected chi connectivity index (χ4v) is 4.28. The lowest BCUT2D eigenvalue weighted by atomic mass is 10.0. The van der Waals surface area contributed by atoms with Crippen molar-refractivity contribution in [2.24, 2.45) is 0 Å². The standard InChI is InChI=1S/C31H32N2O4/c1-5-21-7-9-23(10-8-21)30(35)27-18-33(28-16-15-25(37-6-2)17-26(28)31(27)36)19-29(34)32-24-13-11-22(12-14-24)20(3)4/h7-18,20H,5-6,19H2,1-4H3,(H,32,34). The highest BCUT2D eigenvalue weighted by Crippen LogP contribution is 2.22. The Balaban J connectivity index is 1.72. The second-order valence-electron chi connectivity index (χ2n) is 9.32. The van der Waals surface area contributed by atoms with Crippen LogP contribution >= 0.6 is 0 Å². The Kier molecular flexibility index (Phi) is 7.87. The van der Waals surface area contributed by atoms with E-state index in [0.29, 0.717) is 40.4 Å². The number of nitrogens with one attached hydrogen (secondary N) is 1. The zero-order chi connectivity index (χ0) is 26.5. The SMILES string of the molecule is CCOc1ccc2c(c1)c(=O)c(C(=O)c1ccc(CC)cc1)cn2CC(=O)Nc1ccc(C(C)C)cc1. The average molecular weight is 497 g/mol. The second kappa shape index (κ2) is 11.2. The summed E-state index contributed by atoms with van der Waals surface area (Å²) in [6.45, 7) is 8.51. The summed E-state index contributed by atoms with van der Waals surface area (Å²) in [4.78, 5) is 39.8. The van der Waals surface area contributed by atoms with Crippen LogP contribution in [0.3, 0.4) is 0 Å². The predicted molar refractivity (Wildman–Crippen MR) is 148 cm³/mol. The van der Waals surface area contributed by atoms with Crippen LogP contribution in [0.15, 0.2) is 77.7 Å². The molecule has 6 heteroatoms. The van der Waals surface area contributed by atoms with Gasteiger partial charge in [0.2, 0.25) is 11.3 Å². The Hall–Kier alpha value is -4.19. The molecule has 0 aliphatic heterocycles. The van der Waals surface area contributed by atoms with Gasteiger partial charge in [0.25, 0.3) is 0 Å². The van der Waals surface area contributed by atoms with Gasteiger partial charge in [-0.25, -0.2) is 0 Å². The molecule has 0 saturated heterocycles. The normalized spacial score (nSPS) is 11.1. The third-order valence-corrected chi connectivity index (χ3v) is 6.41. The number of amides is 1. The molecule has 0 spiro atoms. The molecule has 0 aliphatic carbocycles. The lowest BCUT2D eigenvalue weighted by molar-refractivity contribution is -0.116. The van der Waals surface area contributed by atoms with Gasteiger partial charge < -0.3 is 14.6 Å².